The maximum atomic E-state index is 5.43. The summed E-state index contributed by atoms with van der Waals surface area (Å²) in [5.41, 5.74) is 3.77. The van der Waals surface area contributed by atoms with Gasteiger partial charge in [-0.3, -0.25) is 0 Å². The minimum absolute atomic E-state index is 0.190. The molecule has 0 aliphatic carbocycles. The van der Waals surface area contributed by atoms with Crippen LogP contribution >= 0.6 is 0 Å². The molecule has 0 radical (unpaired) electrons. The second-order valence-electron chi connectivity index (χ2n) is 4.91. The molecule has 3 nitrogen and oxygen atoms in total. The lowest BCUT2D eigenvalue weighted by atomic mass is 9.97. The fourth-order valence-electron chi connectivity index (χ4n) is 2.40. The van der Waals surface area contributed by atoms with E-state index in [0.717, 1.165) is 25.3 Å². The van der Waals surface area contributed by atoms with Crippen LogP contribution in [0.5, 0.6) is 0 Å². The third-order valence-electron chi connectivity index (χ3n) is 3.53. The molecule has 0 bridgehead atoms. The molecule has 0 aliphatic rings. The summed E-state index contributed by atoms with van der Waals surface area (Å²) < 4.78 is 10.5. The topological polar surface area (TPSA) is 34.4 Å². The minimum Gasteiger partial charge on any atom is -0.469 e. The highest BCUT2D eigenvalue weighted by atomic mass is 16.5. The van der Waals surface area contributed by atoms with Crippen LogP contribution in [0.2, 0.25) is 0 Å². The normalized spacial score (nSPS) is 12.6. The van der Waals surface area contributed by atoms with E-state index in [4.69, 9.17) is 9.15 Å². The fraction of sp³-hybridized carbons (Fsp3) is 0.412. The highest BCUT2D eigenvalue weighted by molar-refractivity contribution is 5.34. The Bertz CT molecular complexity index is 516. The molecule has 0 amide bonds. The number of hydrogen-bond donors (Lipinski definition) is 1. The predicted octanol–water partition coefficient (Wildman–Crippen LogP) is 3.48. The van der Waals surface area contributed by atoms with Crippen LogP contribution in [-0.4, -0.2) is 20.3 Å². The Morgan fingerprint density at radius 3 is 2.50 bits per heavy atom. The van der Waals surface area contributed by atoms with Crippen LogP contribution in [0.15, 0.2) is 41.0 Å². The number of benzene rings is 1. The summed E-state index contributed by atoms with van der Waals surface area (Å²) in [6.07, 6.45) is 2.70. The summed E-state index contributed by atoms with van der Waals surface area (Å²) in [6, 6.07) is 11.0. The van der Waals surface area contributed by atoms with Crippen molar-refractivity contribution in [2.45, 2.75) is 26.3 Å². The van der Waals surface area contributed by atoms with Gasteiger partial charge in [-0.15, -0.1) is 0 Å². The molecule has 20 heavy (non-hydrogen) atoms. The van der Waals surface area contributed by atoms with Gasteiger partial charge in [0, 0.05) is 12.7 Å². The number of rotatable bonds is 7. The van der Waals surface area contributed by atoms with Crippen LogP contribution < -0.4 is 5.32 Å². The monoisotopic (exact) mass is 273 g/mol. The summed E-state index contributed by atoms with van der Waals surface area (Å²) >= 11 is 0. The fourth-order valence-corrected chi connectivity index (χ4v) is 2.40. The summed E-state index contributed by atoms with van der Waals surface area (Å²) in [4.78, 5) is 0. The SMILES string of the molecule is CCNC(c1ccc(CCOC)cc1)c1ccoc1C. The summed E-state index contributed by atoms with van der Waals surface area (Å²) in [5, 5.41) is 3.52. The van der Waals surface area contributed by atoms with Gasteiger partial charge in [0.05, 0.1) is 18.9 Å². The molecule has 1 aromatic carbocycles. The van der Waals surface area contributed by atoms with Gasteiger partial charge in [-0.25, -0.2) is 0 Å². The van der Waals surface area contributed by atoms with Crippen molar-refractivity contribution in [2.75, 3.05) is 20.3 Å². The van der Waals surface area contributed by atoms with Gasteiger partial charge in [0.1, 0.15) is 5.76 Å². The van der Waals surface area contributed by atoms with Crippen LogP contribution in [0.25, 0.3) is 0 Å². The molecule has 2 rings (SSSR count). The van der Waals surface area contributed by atoms with E-state index in [1.807, 2.05) is 13.0 Å². The second-order valence-corrected chi connectivity index (χ2v) is 4.91. The van der Waals surface area contributed by atoms with Crippen LogP contribution in [0.3, 0.4) is 0 Å². The predicted molar refractivity (Wildman–Crippen MR) is 81.0 cm³/mol. The van der Waals surface area contributed by atoms with Gasteiger partial charge in [0.15, 0.2) is 0 Å². The van der Waals surface area contributed by atoms with Crippen LogP contribution in [0.4, 0.5) is 0 Å². The van der Waals surface area contributed by atoms with Crippen molar-refractivity contribution < 1.29 is 9.15 Å². The molecular weight excluding hydrogens is 250 g/mol. The van der Waals surface area contributed by atoms with E-state index in [9.17, 15) is 0 Å². The minimum atomic E-state index is 0.190. The van der Waals surface area contributed by atoms with Crippen LogP contribution in [0, 0.1) is 6.92 Å². The first-order chi connectivity index (χ1) is 9.76. The van der Waals surface area contributed by atoms with Crippen molar-refractivity contribution in [3.63, 3.8) is 0 Å². The summed E-state index contributed by atoms with van der Waals surface area (Å²) in [6.45, 7) is 5.81. The second kappa shape index (κ2) is 7.27. The molecule has 3 heteroatoms. The molecule has 2 aromatic rings. The maximum absolute atomic E-state index is 5.43. The van der Waals surface area contributed by atoms with Gasteiger partial charge < -0.3 is 14.5 Å². The van der Waals surface area contributed by atoms with Gasteiger partial charge >= 0.3 is 0 Å². The number of nitrogens with one attached hydrogen (secondary N) is 1. The molecule has 1 atom stereocenters. The van der Waals surface area contributed by atoms with Crippen molar-refractivity contribution in [1.82, 2.24) is 5.32 Å². The van der Waals surface area contributed by atoms with E-state index in [0.29, 0.717) is 0 Å². The van der Waals surface area contributed by atoms with Crippen molar-refractivity contribution >= 4 is 0 Å². The van der Waals surface area contributed by atoms with Crippen molar-refractivity contribution in [2.24, 2.45) is 0 Å². The van der Waals surface area contributed by atoms with E-state index in [2.05, 4.69) is 36.5 Å². The third kappa shape index (κ3) is 3.50. The molecule has 0 aliphatic heterocycles. The van der Waals surface area contributed by atoms with E-state index in [-0.39, 0.29) is 6.04 Å². The van der Waals surface area contributed by atoms with Gasteiger partial charge in [-0.2, -0.15) is 0 Å². The Labute approximate surface area is 121 Å². The van der Waals surface area contributed by atoms with Crippen LogP contribution in [-0.2, 0) is 11.2 Å². The molecule has 1 aromatic heterocycles. The standard InChI is InChI=1S/C17H23NO2/c1-4-18-17(16-10-12-20-13(16)2)15-7-5-14(6-8-15)9-11-19-3/h5-8,10,12,17-18H,4,9,11H2,1-3H3. The zero-order chi connectivity index (χ0) is 14.4. The van der Waals surface area contributed by atoms with E-state index >= 15 is 0 Å². The maximum Gasteiger partial charge on any atom is 0.105 e. The Morgan fingerprint density at radius 1 is 1.20 bits per heavy atom. The average molecular weight is 273 g/mol. The first kappa shape index (κ1) is 14.8. The quantitative estimate of drug-likeness (QED) is 0.838. The van der Waals surface area contributed by atoms with Gasteiger partial charge in [0.2, 0.25) is 0 Å². The van der Waals surface area contributed by atoms with Gasteiger partial charge in [0.25, 0.3) is 0 Å². The van der Waals surface area contributed by atoms with Crippen LogP contribution in [0.1, 0.15) is 35.4 Å². The molecule has 0 spiro atoms. The third-order valence-corrected chi connectivity index (χ3v) is 3.53. The number of hydrogen-bond acceptors (Lipinski definition) is 3. The zero-order valence-electron chi connectivity index (χ0n) is 12.5. The number of methoxy groups -OCH3 is 1. The Kier molecular flexibility index (Phi) is 5.39. The highest BCUT2D eigenvalue weighted by Gasteiger charge is 2.16. The Balaban J connectivity index is 2.19. The molecule has 0 saturated heterocycles. The van der Waals surface area contributed by atoms with Gasteiger partial charge in [-0.1, -0.05) is 31.2 Å². The number of aryl methyl sites for hydroxylation is 1. The van der Waals surface area contributed by atoms with E-state index in [1.165, 1.54) is 16.7 Å². The van der Waals surface area contributed by atoms with E-state index in [1.54, 1.807) is 13.4 Å². The number of furan rings is 1. The van der Waals surface area contributed by atoms with Crippen molar-refractivity contribution in [3.8, 4) is 0 Å². The highest BCUT2D eigenvalue weighted by Crippen LogP contribution is 2.26. The lowest BCUT2D eigenvalue weighted by Gasteiger charge is -2.18. The Hall–Kier alpha value is -1.58. The molecule has 1 N–H and O–H groups in total. The molecule has 108 valence electrons. The Morgan fingerprint density at radius 2 is 1.95 bits per heavy atom. The molecule has 1 heterocycles. The zero-order valence-corrected chi connectivity index (χ0v) is 12.5. The first-order valence-corrected chi connectivity index (χ1v) is 7.11. The van der Waals surface area contributed by atoms with Crippen molar-refractivity contribution in [3.05, 3.63) is 59.0 Å². The number of ether oxygens (including phenoxy) is 1. The van der Waals surface area contributed by atoms with E-state index < -0.39 is 0 Å². The average Bonchev–Trinajstić information content (AvgIpc) is 2.89. The molecule has 0 fully saturated rings. The lowest BCUT2D eigenvalue weighted by Crippen LogP contribution is -2.22. The molecule has 0 saturated carbocycles. The largest absolute Gasteiger partial charge is 0.469 e. The summed E-state index contributed by atoms with van der Waals surface area (Å²) in [5.74, 6) is 0.972. The first-order valence-electron chi connectivity index (χ1n) is 7.11. The smallest absolute Gasteiger partial charge is 0.105 e. The summed E-state index contributed by atoms with van der Waals surface area (Å²) in [7, 11) is 1.73. The van der Waals surface area contributed by atoms with Gasteiger partial charge in [-0.05, 0) is 37.1 Å². The molecular formula is C17H23NO2. The molecule has 1 unspecified atom stereocenters. The lowest BCUT2D eigenvalue weighted by molar-refractivity contribution is 0.202. The van der Waals surface area contributed by atoms with Crippen molar-refractivity contribution in [1.29, 1.82) is 0 Å².